The van der Waals surface area contributed by atoms with E-state index < -0.39 is 6.09 Å². The Bertz CT molecular complexity index is 335. The second kappa shape index (κ2) is 6.49. The first-order chi connectivity index (χ1) is 7.72. The maximum atomic E-state index is 11.2. The molecule has 0 spiro atoms. The van der Waals surface area contributed by atoms with E-state index in [-0.39, 0.29) is 19.1 Å². The molecular weight excluding hydrogens is 212 g/mol. The van der Waals surface area contributed by atoms with Crippen LogP contribution in [-0.4, -0.2) is 25.2 Å². The first kappa shape index (κ1) is 12.1. The normalized spacial score (nSPS) is 9.56. The fourth-order valence-electron chi connectivity index (χ4n) is 0.996. The molecule has 1 aromatic heterocycles. The Morgan fingerprint density at radius 3 is 2.88 bits per heavy atom. The lowest BCUT2D eigenvalue weighted by Crippen LogP contribution is -2.36. The Kier molecular flexibility index (Phi) is 4.91. The van der Waals surface area contributed by atoms with Crippen LogP contribution >= 0.6 is 0 Å². The highest BCUT2D eigenvalue weighted by Gasteiger charge is 2.05. The lowest BCUT2D eigenvalue weighted by molar-refractivity contribution is -0.120. The summed E-state index contributed by atoms with van der Waals surface area (Å²) >= 11 is 0. The number of hydrogen-bond donors (Lipinski definition) is 2. The largest absolute Gasteiger partial charge is 0.467 e. The number of furan rings is 1. The predicted octanol–water partition coefficient (Wildman–Crippen LogP) is 0.642. The first-order valence-corrected chi connectivity index (χ1v) is 4.92. The summed E-state index contributed by atoms with van der Waals surface area (Å²) in [5.41, 5.74) is 0. The molecule has 2 amide bonds. The van der Waals surface area contributed by atoms with Crippen molar-refractivity contribution in [2.45, 2.75) is 13.5 Å². The van der Waals surface area contributed by atoms with Crippen LogP contribution in [0.1, 0.15) is 12.7 Å². The molecule has 1 rings (SSSR count). The maximum absolute atomic E-state index is 11.2. The average Bonchev–Trinajstić information content (AvgIpc) is 2.77. The second-order valence-electron chi connectivity index (χ2n) is 2.93. The van der Waals surface area contributed by atoms with Crippen molar-refractivity contribution < 1.29 is 18.7 Å². The summed E-state index contributed by atoms with van der Waals surface area (Å²) in [6.07, 6.45) is 0.925. The molecule has 0 aliphatic rings. The quantitative estimate of drug-likeness (QED) is 0.772. The smallest absolute Gasteiger partial charge is 0.407 e. The summed E-state index contributed by atoms with van der Waals surface area (Å²) in [4.78, 5) is 22.1. The molecule has 16 heavy (non-hydrogen) atoms. The van der Waals surface area contributed by atoms with Gasteiger partial charge in [-0.25, -0.2) is 4.79 Å². The van der Waals surface area contributed by atoms with Gasteiger partial charge < -0.3 is 19.8 Å². The first-order valence-electron chi connectivity index (χ1n) is 4.92. The molecule has 1 aromatic rings. The van der Waals surface area contributed by atoms with E-state index in [1.807, 2.05) is 0 Å². The van der Waals surface area contributed by atoms with Gasteiger partial charge in [0.25, 0.3) is 0 Å². The van der Waals surface area contributed by atoms with Crippen molar-refractivity contribution in [3.8, 4) is 0 Å². The van der Waals surface area contributed by atoms with Gasteiger partial charge in [-0.15, -0.1) is 0 Å². The van der Waals surface area contributed by atoms with Crippen LogP contribution in [0.2, 0.25) is 0 Å². The van der Waals surface area contributed by atoms with Crippen molar-refractivity contribution in [2.75, 3.05) is 13.2 Å². The Labute approximate surface area is 93.0 Å². The molecule has 0 aromatic carbocycles. The van der Waals surface area contributed by atoms with E-state index in [0.29, 0.717) is 12.3 Å². The van der Waals surface area contributed by atoms with E-state index >= 15 is 0 Å². The minimum atomic E-state index is -0.601. The van der Waals surface area contributed by atoms with Gasteiger partial charge >= 0.3 is 6.09 Å². The van der Waals surface area contributed by atoms with Crippen LogP contribution in [0.15, 0.2) is 22.8 Å². The molecule has 6 heteroatoms. The fourth-order valence-corrected chi connectivity index (χ4v) is 0.996. The van der Waals surface area contributed by atoms with E-state index in [1.165, 1.54) is 6.26 Å². The summed E-state index contributed by atoms with van der Waals surface area (Å²) in [5.74, 6) is 0.355. The van der Waals surface area contributed by atoms with Crippen molar-refractivity contribution >= 4 is 12.0 Å². The molecular formula is C10H14N2O4. The van der Waals surface area contributed by atoms with E-state index in [1.54, 1.807) is 19.1 Å². The van der Waals surface area contributed by atoms with Gasteiger partial charge in [-0.3, -0.25) is 4.79 Å². The number of alkyl carbamates (subject to hydrolysis) is 1. The zero-order chi connectivity index (χ0) is 11.8. The number of carbonyl (C=O) groups is 2. The van der Waals surface area contributed by atoms with E-state index in [0.717, 1.165) is 0 Å². The van der Waals surface area contributed by atoms with Crippen molar-refractivity contribution in [3.63, 3.8) is 0 Å². The monoisotopic (exact) mass is 226 g/mol. The van der Waals surface area contributed by atoms with Gasteiger partial charge in [-0.2, -0.15) is 0 Å². The van der Waals surface area contributed by atoms with Gasteiger partial charge in [0.1, 0.15) is 12.3 Å². The van der Waals surface area contributed by atoms with Crippen LogP contribution in [0.3, 0.4) is 0 Å². The highest BCUT2D eigenvalue weighted by atomic mass is 16.5. The third-order valence-electron chi connectivity index (χ3n) is 1.71. The highest BCUT2D eigenvalue weighted by Crippen LogP contribution is 1.97. The minimum absolute atomic E-state index is 0.112. The van der Waals surface area contributed by atoms with Crippen LogP contribution in [-0.2, 0) is 16.1 Å². The Morgan fingerprint density at radius 1 is 1.44 bits per heavy atom. The lowest BCUT2D eigenvalue weighted by atomic mass is 10.4. The van der Waals surface area contributed by atoms with Gasteiger partial charge in [0, 0.05) is 0 Å². The van der Waals surface area contributed by atoms with Gasteiger partial charge in [0.15, 0.2) is 0 Å². The van der Waals surface area contributed by atoms with Gasteiger partial charge in [0.05, 0.1) is 19.4 Å². The summed E-state index contributed by atoms with van der Waals surface area (Å²) < 4.78 is 9.62. The molecule has 88 valence electrons. The summed E-state index contributed by atoms with van der Waals surface area (Å²) in [6.45, 7) is 2.16. The second-order valence-corrected chi connectivity index (χ2v) is 2.93. The SMILES string of the molecule is CCOC(=O)NCC(=O)NCc1ccco1. The molecule has 0 fully saturated rings. The zero-order valence-electron chi connectivity index (χ0n) is 8.99. The fraction of sp³-hybridized carbons (Fsp3) is 0.400. The van der Waals surface area contributed by atoms with Crippen molar-refractivity contribution in [3.05, 3.63) is 24.2 Å². The third kappa shape index (κ3) is 4.50. The van der Waals surface area contributed by atoms with Gasteiger partial charge in [-0.1, -0.05) is 0 Å². The van der Waals surface area contributed by atoms with Crippen molar-refractivity contribution in [2.24, 2.45) is 0 Å². The number of nitrogens with one attached hydrogen (secondary N) is 2. The van der Waals surface area contributed by atoms with Crippen LogP contribution < -0.4 is 10.6 Å². The Hall–Kier alpha value is -1.98. The lowest BCUT2D eigenvalue weighted by Gasteiger charge is -2.05. The average molecular weight is 226 g/mol. The molecule has 0 radical (unpaired) electrons. The molecule has 0 saturated heterocycles. The number of amides is 2. The van der Waals surface area contributed by atoms with Gasteiger partial charge in [-0.05, 0) is 19.1 Å². The van der Waals surface area contributed by atoms with Gasteiger partial charge in [0.2, 0.25) is 5.91 Å². The number of hydrogen-bond acceptors (Lipinski definition) is 4. The molecule has 6 nitrogen and oxygen atoms in total. The van der Waals surface area contributed by atoms with Crippen LogP contribution in [0.4, 0.5) is 4.79 Å². The van der Waals surface area contributed by atoms with Crippen LogP contribution in [0.25, 0.3) is 0 Å². The Morgan fingerprint density at radius 2 is 2.25 bits per heavy atom. The van der Waals surface area contributed by atoms with Crippen molar-refractivity contribution in [1.29, 1.82) is 0 Å². The highest BCUT2D eigenvalue weighted by molar-refractivity contribution is 5.81. The number of carbonyl (C=O) groups excluding carboxylic acids is 2. The Balaban J connectivity index is 2.14. The molecule has 0 atom stereocenters. The summed E-state index contributed by atoms with van der Waals surface area (Å²) in [5, 5.41) is 4.89. The van der Waals surface area contributed by atoms with E-state index in [9.17, 15) is 9.59 Å². The minimum Gasteiger partial charge on any atom is -0.467 e. The summed E-state index contributed by atoms with van der Waals surface area (Å²) in [7, 11) is 0. The van der Waals surface area contributed by atoms with Crippen molar-refractivity contribution in [1.82, 2.24) is 10.6 Å². The summed E-state index contributed by atoms with van der Waals surface area (Å²) in [6, 6.07) is 3.48. The molecule has 0 unspecified atom stereocenters. The molecule has 0 aliphatic heterocycles. The standard InChI is InChI=1S/C10H14N2O4/c1-2-15-10(14)12-7-9(13)11-6-8-4-3-5-16-8/h3-5H,2,6-7H2,1H3,(H,11,13)(H,12,14). The zero-order valence-corrected chi connectivity index (χ0v) is 8.99. The topological polar surface area (TPSA) is 80.6 Å². The number of rotatable bonds is 5. The third-order valence-corrected chi connectivity index (χ3v) is 1.71. The predicted molar refractivity (Wildman–Crippen MR) is 55.6 cm³/mol. The van der Waals surface area contributed by atoms with E-state index in [4.69, 9.17) is 4.42 Å². The van der Waals surface area contributed by atoms with Crippen LogP contribution in [0, 0.1) is 0 Å². The molecule has 1 heterocycles. The molecule has 0 bridgehead atoms. The molecule has 2 N–H and O–H groups in total. The number of ether oxygens (including phenoxy) is 1. The van der Waals surface area contributed by atoms with E-state index in [2.05, 4.69) is 15.4 Å². The maximum Gasteiger partial charge on any atom is 0.407 e. The van der Waals surface area contributed by atoms with Crippen LogP contribution in [0.5, 0.6) is 0 Å². The molecule has 0 saturated carbocycles. The molecule has 0 aliphatic carbocycles.